The molecule has 0 unspecified atom stereocenters. The first-order valence-electron chi connectivity index (χ1n) is 5.60. The van der Waals surface area contributed by atoms with Crippen molar-refractivity contribution in [2.24, 2.45) is 0 Å². The Bertz CT molecular complexity index is 529. The summed E-state index contributed by atoms with van der Waals surface area (Å²) in [4.78, 5) is 12.2. The molecule has 17 heavy (non-hydrogen) atoms. The van der Waals surface area contributed by atoms with Crippen LogP contribution in [0.15, 0.2) is 48.5 Å². The molecule has 0 aromatic heterocycles. The van der Waals surface area contributed by atoms with Crippen LogP contribution in [0.25, 0.3) is 0 Å². The van der Waals surface area contributed by atoms with Gasteiger partial charge in [-0.1, -0.05) is 43.3 Å². The van der Waals surface area contributed by atoms with Gasteiger partial charge in [-0.15, -0.1) is 0 Å². The molecule has 0 fully saturated rings. The summed E-state index contributed by atoms with van der Waals surface area (Å²) in [6.07, 6.45) is 0.998. The molecular formula is C15H13IO. The van der Waals surface area contributed by atoms with Gasteiger partial charge in [-0.2, -0.15) is 0 Å². The Morgan fingerprint density at radius 1 is 1.06 bits per heavy atom. The Morgan fingerprint density at radius 2 is 1.76 bits per heavy atom. The number of carbonyl (C=O) groups excluding carboxylic acids is 1. The summed E-state index contributed by atoms with van der Waals surface area (Å²) in [7, 11) is 0. The van der Waals surface area contributed by atoms with E-state index in [2.05, 4.69) is 29.5 Å². The zero-order valence-corrected chi connectivity index (χ0v) is 11.8. The Balaban J connectivity index is 2.30. The maximum absolute atomic E-state index is 12.2. The number of rotatable bonds is 3. The van der Waals surface area contributed by atoms with Crippen LogP contribution in [-0.2, 0) is 6.42 Å². The van der Waals surface area contributed by atoms with Crippen molar-refractivity contribution in [1.82, 2.24) is 0 Å². The van der Waals surface area contributed by atoms with Crippen molar-refractivity contribution in [3.05, 3.63) is 68.8 Å². The van der Waals surface area contributed by atoms with Crippen molar-refractivity contribution in [3.63, 3.8) is 0 Å². The summed E-state index contributed by atoms with van der Waals surface area (Å²) in [5, 5.41) is 0. The molecule has 0 aliphatic carbocycles. The highest BCUT2D eigenvalue weighted by Crippen LogP contribution is 2.14. The first kappa shape index (κ1) is 12.3. The smallest absolute Gasteiger partial charge is 0.193 e. The predicted molar refractivity (Wildman–Crippen MR) is 78.4 cm³/mol. The van der Waals surface area contributed by atoms with E-state index in [0.717, 1.165) is 21.1 Å². The molecule has 0 aliphatic rings. The van der Waals surface area contributed by atoms with Gasteiger partial charge in [-0.3, -0.25) is 4.79 Å². The number of benzene rings is 2. The SMILES string of the molecule is CCc1ccc(C(=O)c2cccc(I)c2)cc1. The molecule has 0 saturated heterocycles. The van der Waals surface area contributed by atoms with Crippen molar-refractivity contribution < 1.29 is 4.79 Å². The van der Waals surface area contributed by atoms with Crippen LogP contribution in [0.5, 0.6) is 0 Å². The van der Waals surface area contributed by atoms with Gasteiger partial charge in [-0.25, -0.2) is 0 Å². The van der Waals surface area contributed by atoms with Crippen molar-refractivity contribution in [2.45, 2.75) is 13.3 Å². The van der Waals surface area contributed by atoms with Crippen LogP contribution < -0.4 is 0 Å². The van der Waals surface area contributed by atoms with E-state index in [1.165, 1.54) is 5.56 Å². The minimum Gasteiger partial charge on any atom is -0.289 e. The number of halogens is 1. The number of aryl methyl sites for hydroxylation is 1. The van der Waals surface area contributed by atoms with E-state index in [4.69, 9.17) is 0 Å². The fourth-order valence-corrected chi connectivity index (χ4v) is 2.23. The maximum atomic E-state index is 12.2. The average Bonchev–Trinajstić information content (AvgIpc) is 2.38. The van der Waals surface area contributed by atoms with Crippen molar-refractivity contribution in [3.8, 4) is 0 Å². The van der Waals surface area contributed by atoms with Crippen molar-refractivity contribution in [1.29, 1.82) is 0 Å². The first-order chi connectivity index (χ1) is 8.20. The lowest BCUT2D eigenvalue weighted by molar-refractivity contribution is 0.103. The number of ketones is 1. The second kappa shape index (κ2) is 5.45. The minimum atomic E-state index is 0.0890. The second-order valence-corrected chi connectivity index (χ2v) is 5.14. The Morgan fingerprint density at radius 3 is 2.35 bits per heavy atom. The van der Waals surface area contributed by atoms with E-state index in [0.29, 0.717) is 0 Å². The van der Waals surface area contributed by atoms with Crippen LogP contribution in [0, 0.1) is 3.57 Å². The lowest BCUT2D eigenvalue weighted by Gasteiger charge is -2.03. The molecule has 2 heteroatoms. The van der Waals surface area contributed by atoms with E-state index in [1.807, 2.05) is 48.5 Å². The summed E-state index contributed by atoms with van der Waals surface area (Å²) in [5.41, 5.74) is 2.76. The maximum Gasteiger partial charge on any atom is 0.193 e. The third-order valence-electron chi connectivity index (χ3n) is 2.71. The highest BCUT2D eigenvalue weighted by molar-refractivity contribution is 14.1. The Kier molecular flexibility index (Phi) is 3.94. The first-order valence-corrected chi connectivity index (χ1v) is 6.68. The van der Waals surface area contributed by atoms with Gasteiger partial charge in [0.05, 0.1) is 0 Å². The zero-order valence-electron chi connectivity index (χ0n) is 9.61. The highest BCUT2D eigenvalue weighted by atomic mass is 127. The van der Waals surface area contributed by atoms with E-state index < -0.39 is 0 Å². The molecule has 0 radical (unpaired) electrons. The monoisotopic (exact) mass is 336 g/mol. The van der Waals surface area contributed by atoms with Crippen molar-refractivity contribution >= 4 is 28.4 Å². The van der Waals surface area contributed by atoms with E-state index in [9.17, 15) is 4.79 Å². The van der Waals surface area contributed by atoms with Crippen LogP contribution in [-0.4, -0.2) is 5.78 Å². The van der Waals surface area contributed by atoms with Crippen LogP contribution in [0.1, 0.15) is 28.4 Å². The van der Waals surface area contributed by atoms with Crippen LogP contribution in [0.4, 0.5) is 0 Å². The Labute approximate surface area is 115 Å². The fourth-order valence-electron chi connectivity index (χ4n) is 1.69. The van der Waals surface area contributed by atoms with Gasteiger partial charge in [-0.05, 0) is 46.7 Å². The molecule has 0 aliphatic heterocycles. The molecule has 2 aromatic carbocycles. The number of hydrogen-bond donors (Lipinski definition) is 0. The van der Waals surface area contributed by atoms with Gasteiger partial charge in [0, 0.05) is 14.7 Å². The molecule has 0 atom stereocenters. The molecule has 86 valence electrons. The molecule has 0 saturated carbocycles. The van der Waals surface area contributed by atoms with E-state index in [1.54, 1.807) is 0 Å². The van der Waals surface area contributed by atoms with E-state index in [-0.39, 0.29) is 5.78 Å². The van der Waals surface area contributed by atoms with Gasteiger partial charge < -0.3 is 0 Å². The number of hydrogen-bond acceptors (Lipinski definition) is 1. The van der Waals surface area contributed by atoms with Crippen molar-refractivity contribution in [2.75, 3.05) is 0 Å². The molecule has 2 rings (SSSR count). The average molecular weight is 336 g/mol. The molecule has 2 aromatic rings. The lowest BCUT2D eigenvalue weighted by atomic mass is 10.0. The van der Waals surface area contributed by atoms with Gasteiger partial charge in [0.1, 0.15) is 0 Å². The third kappa shape index (κ3) is 2.94. The van der Waals surface area contributed by atoms with Gasteiger partial charge in [0.2, 0.25) is 0 Å². The predicted octanol–water partition coefficient (Wildman–Crippen LogP) is 4.08. The van der Waals surface area contributed by atoms with Crippen LogP contribution in [0.3, 0.4) is 0 Å². The standard InChI is InChI=1S/C15H13IO/c1-2-11-6-8-12(9-7-11)15(17)13-4-3-5-14(16)10-13/h3-10H,2H2,1H3. The molecule has 1 nitrogen and oxygen atoms in total. The second-order valence-electron chi connectivity index (χ2n) is 3.89. The van der Waals surface area contributed by atoms with Gasteiger partial charge in [0.25, 0.3) is 0 Å². The summed E-state index contributed by atoms with van der Waals surface area (Å²) in [6, 6.07) is 15.5. The summed E-state index contributed by atoms with van der Waals surface area (Å²) in [6.45, 7) is 2.11. The molecule has 0 bridgehead atoms. The molecule has 0 amide bonds. The van der Waals surface area contributed by atoms with E-state index >= 15 is 0 Å². The lowest BCUT2D eigenvalue weighted by Crippen LogP contribution is -2.01. The molecule has 0 spiro atoms. The number of carbonyl (C=O) groups is 1. The van der Waals surface area contributed by atoms with Crippen LogP contribution >= 0.6 is 22.6 Å². The zero-order chi connectivity index (χ0) is 12.3. The summed E-state index contributed by atoms with van der Waals surface area (Å²) in [5.74, 6) is 0.0890. The van der Waals surface area contributed by atoms with Gasteiger partial charge in [0.15, 0.2) is 5.78 Å². The largest absolute Gasteiger partial charge is 0.289 e. The quantitative estimate of drug-likeness (QED) is 0.610. The highest BCUT2D eigenvalue weighted by Gasteiger charge is 2.08. The van der Waals surface area contributed by atoms with Crippen LogP contribution in [0.2, 0.25) is 0 Å². The molecular weight excluding hydrogens is 323 g/mol. The summed E-state index contributed by atoms with van der Waals surface area (Å²) >= 11 is 2.22. The fraction of sp³-hybridized carbons (Fsp3) is 0.133. The van der Waals surface area contributed by atoms with Gasteiger partial charge >= 0.3 is 0 Å². The molecule has 0 N–H and O–H groups in total. The Hall–Kier alpha value is -1.16. The summed E-state index contributed by atoms with van der Waals surface area (Å²) < 4.78 is 1.08. The topological polar surface area (TPSA) is 17.1 Å². The molecule has 0 heterocycles. The third-order valence-corrected chi connectivity index (χ3v) is 3.38. The minimum absolute atomic E-state index is 0.0890. The normalized spacial score (nSPS) is 10.2.